The van der Waals surface area contributed by atoms with Crippen LogP contribution in [0.5, 0.6) is 0 Å². The molecule has 2 rings (SSSR count). The SMILES string of the molecule is CC(C)NC(=O)Cc1c[nH]c2ccc(F)cc12. The van der Waals surface area contributed by atoms with Gasteiger partial charge in [-0.2, -0.15) is 0 Å². The molecule has 0 saturated heterocycles. The minimum atomic E-state index is -0.289. The number of aromatic nitrogens is 1. The van der Waals surface area contributed by atoms with E-state index in [4.69, 9.17) is 0 Å². The highest BCUT2D eigenvalue weighted by molar-refractivity contribution is 5.88. The number of carbonyl (C=O) groups is 1. The molecule has 2 aromatic rings. The molecule has 17 heavy (non-hydrogen) atoms. The largest absolute Gasteiger partial charge is 0.361 e. The fourth-order valence-corrected chi connectivity index (χ4v) is 1.84. The Balaban J connectivity index is 2.24. The van der Waals surface area contributed by atoms with Crippen molar-refractivity contribution in [3.05, 3.63) is 35.8 Å². The van der Waals surface area contributed by atoms with Crippen molar-refractivity contribution in [2.45, 2.75) is 26.3 Å². The first-order chi connectivity index (χ1) is 8.06. The first-order valence-corrected chi connectivity index (χ1v) is 5.61. The van der Waals surface area contributed by atoms with E-state index in [1.807, 2.05) is 13.8 Å². The molecule has 0 spiro atoms. The van der Waals surface area contributed by atoms with Crippen LogP contribution in [0.2, 0.25) is 0 Å². The monoisotopic (exact) mass is 234 g/mol. The Morgan fingerprint density at radius 1 is 1.47 bits per heavy atom. The summed E-state index contributed by atoms with van der Waals surface area (Å²) in [5.41, 5.74) is 1.66. The average molecular weight is 234 g/mol. The van der Waals surface area contributed by atoms with E-state index in [9.17, 15) is 9.18 Å². The topological polar surface area (TPSA) is 44.9 Å². The van der Waals surface area contributed by atoms with Gasteiger partial charge in [-0.3, -0.25) is 4.79 Å². The van der Waals surface area contributed by atoms with E-state index in [1.165, 1.54) is 12.1 Å². The van der Waals surface area contributed by atoms with Crippen LogP contribution in [0.25, 0.3) is 10.9 Å². The number of amides is 1. The molecule has 2 N–H and O–H groups in total. The fraction of sp³-hybridized carbons (Fsp3) is 0.308. The van der Waals surface area contributed by atoms with Gasteiger partial charge in [0, 0.05) is 23.1 Å². The van der Waals surface area contributed by atoms with Gasteiger partial charge in [-0.25, -0.2) is 4.39 Å². The highest BCUT2D eigenvalue weighted by Crippen LogP contribution is 2.19. The number of rotatable bonds is 3. The first-order valence-electron chi connectivity index (χ1n) is 5.61. The quantitative estimate of drug-likeness (QED) is 0.841. The minimum absolute atomic E-state index is 0.0508. The second-order valence-electron chi connectivity index (χ2n) is 4.40. The van der Waals surface area contributed by atoms with E-state index in [0.717, 1.165) is 16.5 Å². The lowest BCUT2D eigenvalue weighted by molar-refractivity contribution is -0.120. The van der Waals surface area contributed by atoms with E-state index in [2.05, 4.69) is 10.3 Å². The molecule has 0 bridgehead atoms. The Hall–Kier alpha value is -1.84. The molecule has 0 aliphatic carbocycles. The second-order valence-corrected chi connectivity index (χ2v) is 4.40. The molecule has 0 radical (unpaired) electrons. The third-order valence-corrected chi connectivity index (χ3v) is 2.53. The highest BCUT2D eigenvalue weighted by Gasteiger charge is 2.10. The Bertz CT molecular complexity index is 545. The lowest BCUT2D eigenvalue weighted by Crippen LogP contribution is -2.31. The molecule has 1 heterocycles. The van der Waals surface area contributed by atoms with Gasteiger partial charge in [0.2, 0.25) is 5.91 Å². The number of hydrogen-bond acceptors (Lipinski definition) is 1. The standard InChI is InChI=1S/C13H15FN2O/c1-8(2)16-13(17)5-9-7-15-12-4-3-10(14)6-11(9)12/h3-4,6-8,15H,5H2,1-2H3,(H,16,17). The van der Waals surface area contributed by atoms with Crippen LogP contribution in [0.3, 0.4) is 0 Å². The van der Waals surface area contributed by atoms with Gasteiger partial charge in [0.05, 0.1) is 6.42 Å². The number of aromatic amines is 1. The molecule has 0 unspecified atom stereocenters. The van der Waals surface area contributed by atoms with Crippen molar-refractivity contribution in [1.29, 1.82) is 0 Å². The summed E-state index contributed by atoms with van der Waals surface area (Å²) in [7, 11) is 0. The number of H-pyrrole nitrogens is 1. The molecule has 0 atom stereocenters. The van der Waals surface area contributed by atoms with Gasteiger partial charge in [0.1, 0.15) is 5.82 Å². The lowest BCUT2D eigenvalue weighted by atomic mass is 10.1. The summed E-state index contributed by atoms with van der Waals surface area (Å²) < 4.78 is 13.1. The molecular formula is C13H15FN2O. The Morgan fingerprint density at radius 3 is 2.94 bits per heavy atom. The van der Waals surface area contributed by atoms with Gasteiger partial charge < -0.3 is 10.3 Å². The van der Waals surface area contributed by atoms with Crippen molar-refractivity contribution in [2.24, 2.45) is 0 Å². The maximum Gasteiger partial charge on any atom is 0.224 e. The second kappa shape index (κ2) is 4.57. The van der Waals surface area contributed by atoms with Crippen molar-refractivity contribution in [2.75, 3.05) is 0 Å². The third kappa shape index (κ3) is 2.64. The van der Waals surface area contributed by atoms with E-state index in [0.29, 0.717) is 0 Å². The molecule has 0 fully saturated rings. The molecular weight excluding hydrogens is 219 g/mol. The molecule has 1 aromatic heterocycles. The van der Waals surface area contributed by atoms with E-state index < -0.39 is 0 Å². The van der Waals surface area contributed by atoms with Crippen LogP contribution in [0.1, 0.15) is 19.4 Å². The number of nitrogens with one attached hydrogen (secondary N) is 2. The van der Waals surface area contributed by atoms with Crippen molar-refractivity contribution in [3.63, 3.8) is 0 Å². The van der Waals surface area contributed by atoms with Crippen molar-refractivity contribution in [1.82, 2.24) is 10.3 Å². The molecule has 0 saturated carbocycles. The van der Waals surface area contributed by atoms with Crippen molar-refractivity contribution >= 4 is 16.8 Å². The number of carbonyl (C=O) groups excluding carboxylic acids is 1. The normalized spacial score (nSPS) is 11.1. The predicted molar refractivity (Wildman–Crippen MR) is 65.2 cm³/mol. The van der Waals surface area contributed by atoms with Crippen LogP contribution >= 0.6 is 0 Å². The van der Waals surface area contributed by atoms with Gasteiger partial charge in [-0.1, -0.05) is 0 Å². The number of benzene rings is 1. The summed E-state index contributed by atoms with van der Waals surface area (Å²) >= 11 is 0. The Kier molecular flexibility index (Phi) is 3.13. The van der Waals surface area contributed by atoms with Crippen LogP contribution in [-0.2, 0) is 11.2 Å². The molecule has 4 heteroatoms. The van der Waals surface area contributed by atoms with Crippen LogP contribution in [0.4, 0.5) is 4.39 Å². The first kappa shape index (κ1) is 11.6. The summed E-state index contributed by atoms with van der Waals surface area (Å²) in [6.07, 6.45) is 2.02. The van der Waals surface area contributed by atoms with Gasteiger partial charge in [0.15, 0.2) is 0 Å². The van der Waals surface area contributed by atoms with Gasteiger partial charge in [0.25, 0.3) is 0 Å². The maximum absolute atomic E-state index is 13.1. The molecule has 1 amide bonds. The fourth-order valence-electron chi connectivity index (χ4n) is 1.84. The molecule has 0 aliphatic rings. The number of halogens is 1. The molecule has 3 nitrogen and oxygen atoms in total. The van der Waals surface area contributed by atoms with E-state index >= 15 is 0 Å². The Labute approximate surface area is 99.0 Å². The van der Waals surface area contributed by atoms with Crippen LogP contribution in [-0.4, -0.2) is 16.9 Å². The summed E-state index contributed by atoms with van der Waals surface area (Å²) in [4.78, 5) is 14.7. The highest BCUT2D eigenvalue weighted by atomic mass is 19.1. The van der Waals surface area contributed by atoms with E-state index in [-0.39, 0.29) is 24.2 Å². The zero-order valence-corrected chi connectivity index (χ0v) is 9.88. The lowest BCUT2D eigenvalue weighted by Gasteiger charge is -2.07. The van der Waals surface area contributed by atoms with Crippen LogP contribution < -0.4 is 5.32 Å². The Morgan fingerprint density at radius 2 is 2.24 bits per heavy atom. The number of fused-ring (bicyclic) bond motifs is 1. The van der Waals surface area contributed by atoms with Crippen molar-refractivity contribution < 1.29 is 9.18 Å². The summed E-state index contributed by atoms with van der Waals surface area (Å²) in [5, 5.41) is 3.58. The third-order valence-electron chi connectivity index (χ3n) is 2.53. The summed E-state index contributed by atoms with van der Waals surface area (Å²) in [5.74, 6) is -0.340. The van der Waals surface area contributed by atoms with Gasteiger partial charge >= 0.3 is 0 Å². The summed E-state index contributed by atoms with van der Waals surface area (Å²) in [6.45, 7) is 3.82. The van der Waals surface area contributed by atoms with Gasteiger partial charge in [-0.15, -0.1) is 0 Å². The van der Waals surface area contributed by atoms with Crippen molar-refractivity contribution in [3.8, 4) is 0 Å². The maximum atomic E-state index is 13.1. The van der Waals surface area contributed by atoms with Crippen LogP contribution in [0, 0.1) is 5.82 Å². The molecule has 90 valence electrons. The zero-order chi connectivity index (χ0) is 12.4. The summed E-state index contributed by atoms with van der Waals surface area (Å²) in [6, 6.07) is 4.64. The zero-order valence-electron chi connectivity index (χ0n) is 9.88. The molecule has 1 aromatic carbocycles. The predicted octanol–water partition coefficient (Wildman–Crippen LogP) is 2.37. The van der Waals surface area contributed by atoms with E-state index in [1.54, 1.807) is 12.3 Å². The smallest absolute Gasteiger partial charge is 0.224 e. The number of hydrogen-bond donors (Lipinski definition) is 2. The molecule has 0 aliphatic heterocycles. The van der Waals surface area contributed by atoms with Gasteiger partial charge in [-0.05, 0) is 37.6 Å². The average Bonchev–Trinajstić information content (AvgIpc) is 2.60. The van der Waals surface area contributed by atoms with Crippen LogP contribution in [0.15, 0.2) is 24.4 Å². The minimum Gasteiger partial charge on any atom is -0.361 e.